The standard InChI is InChI=1S/C10H19NO3/c12-10-7-14-6-9(10)11-5-8-1-3-13-4-2-8/h8-12H,1-7H2. The van der Waals surface area contributed by atoms with Crippen molar-refractivity contribution in [1.29, 1.82) is 0 Å². The molecule has 2 aliphatic rings. The second kappa shape index (κ2) is 5.07. The third kappa shape index (κ3) is 2.67. The number of hydrogen-bond donors (Lipinski definition) is 2. The first kappa shape index (κ1) is 10.4. The second-order valence-electron chi connectivity index (χ2n) is 4.18. The predicted molar refractivity (Wildman–Crippen MR) is 52.2 cm³/mol. The van der Waals surface area contributed by atoms with Gasteiger partial charge in [0.15, 0.2) is 0 Å². The Morgan fingerprint density at radius 3 is 2.57 bits per heavy atom. The van der Waals surface area contributed by atoms with E-state index in [0.717, 1.165) is 32.6 Å². The van der Waals surface area contributed by atoms with Crippen LogP contribution >= 0.6 is 0 Å². The van der Waals surface area contributed by atoms with E-state index in [1.54, 1.807) is 0 Å². The van der Waals surface area contributed by atoms with Crippen LogP contribution in [0.2, 0.25) is 0 Å². The Labute approximate surface area is 84.6 Å². The monoisotopic (exact) mass is 201 g/mol. The summed E-state index contributed by atoms with van der Waals surface area (Å²) >= 11 is 0. The van der Waals surface area contributed by atoms with Crippen molar-refractivity contribution in [2.45, 2.75) is 25.0 Å². The van der Waals surface area contributed by atoms with E-state index in [1.165, 1.54) is 0 Å². The summed E-state index contributed by atoms with van der Waals surface area (Å²) in [4.78, 5) is 0. The van der Waals surface area contributed by atoms with Gasteiger partial charge >= 0.3 is 0 Å². The van der Waals surface area contributed by atoms with Gasteiger partial charge < -0.3 is 19.9 Å². The van der Waals surface area contributed by atoms with Gasteiger partial charge in [-0.15, -0.1) is 0 Å². The molecule has 0 saturated carbocycles. The molecular weight excluding hydrogens is 182 g/mol. The summed E-state index contributed by atoms with van der Waals surface area (Å²) in [5.41, 5.74) is 0. The molecule has 0 aromatic rings. The van der Waals surface area contributed by atoms with Crippen LogP contribution in [-0.4, -0.2) is 50.2 Å². The number of ether oxygens (including phenoxy) is 2. The largest absolute Gasteiger partial charge is 0.389 e. The number of rotatable bonds is 3. The van der Waals surface area contributed by atoms with Crippen molar-refractivity contribution in [2.24, 2.45) is 5.92 Å². The molecule has 2 heterocycles. The molecule has 2 N–H and O–H groups in total. The molecule has 2 saturated heterocycles. The van der Waals surface area contributed by atoms with Crippen molar-refractivity contribution in [3.63, 3.8) is 0 Å². The molecule has 2 aliphatic heterocycles. The smallest absolute Gasteiger partial charge is 0.0948 e. The van der Waals surface area contributed by atoms with Gasteiger partial charge in [-0.3, -0.25) is 0 Å². The zero-order valence-corrected chi connectivity index (χ0v) is 8.45. The van der Waals surface area contributed by atoms with E-state index < -0.39 is 0 Å². The average Bonchev–Trinajstić information content (AvgIpc) is 2.63. The summed E-state index contributed by atoms with van der Waals surface area (Å²) in [5.74, 6) is 0.705. The highest BCUT2D eigenvalue weighted by molar-refractivity contribution is 4.81. The molecule has 2 unspecified atom stereocenters. The minimum atomic E-state index is -0.324. The maximum absolute atomic E-state index is 9.51. The fourth-order valence-corrected chi connectivity index (χ4v) is 2.01. The van der Waals surface area contributed by atoms with Crippen molar-refractivity contribution in [3.8, 4) is 0 Å². The molecular formula is C10H19NO3. The normalized spacial score (nSPS) is 34.9. The number of aliphatic hydroxyl groups excluding tert-OH is 1. The molecule has 0 bridgehead atoms. The molecule has 0 aliphatic carbocycles. The number of hydrogen-bond acceptors (Lipinski definition) is 4. The Morgan fingerprint density at radius 2 is 1.93 bits per heavy atom. The van der Waals surface area contributed by atoms with Crippen LogP contribution in [0.5, 0.6) is 0 Å². The van der Waals surface area contributed by atoms with Crippen LogP contribution < -0.4 is 5.32 Å². The van der Waals surface area contributed by atoms with E-state index >= 15 is 0 Å². The van der Waals surface area contributed by atoms with Gasteiger partial charge in [-0.2, -0.15) is 0 Å². The summed E-state index contributed by atoms with van der Waals surface area (Å²) < 4.78 is 10.5. The van der Waals surface area contributed by atoms with Gasteiger partial charge in [-0.1, -0.05) is 0 Å². The van der Waals surface area contributed by atoms with Crippen molar-refractivity contribution >= 4 is 0 Å². The molecule has 0 radical (unpaired) electrons. The zero-order chi connectivity index (χ0) is 9.80. The summed E-state index contributed by atoms with van der Waals surface area (Å²) in [5, 5.41) is 12.9. The quantitative estimate of drug-likeness (QED) is 0.662. The van der Waals surface area contributed by atoms with Crippen LogP contribution in [0.25, 0.3) is 0 Å². The van der Waals surface area contributed by atoms with E-state index in [9.17, 15) is 5.11 Å². The third-order valence-corrected chi connectivity index (χ3v) is 3.06. The summed E-state index contributed by atoms with van der Waals surface area (Å²) in [6.45, 7) is 3.87. The second-order valence-corrected chi connectivity index (χ2v) is 4.18. The Balaban J connectivity index is 1.65. The van der Waals surface area contributed by atoms with Crippen molar-refractivity contribution in [1.82, 2.24) is 5.32 Å². The fraction of sp³-hybridized carbons (Fsp3) is 1.00. The van der Waals surface area contributed by atoms with Gasteiger partial charge in [0.25, 0.3) is 0 Å². The van der Waals surface area contributed by atoms with Crippen LogP contribution in [0.1, 0.15) is 12.8 Å². The summed E-state index contributed by atoms with van der Waals surface area (Å²) in [7, 11) is 0. The lowest BCUT2D eigenvalue weighted by atomic mass is 10.00. The number of nitrogens with one attached hydrogen (secondary N) is 1. The van der Waals surface area contributed by atoms with E-state index in [4.69, 9.17) is 9.47 Å². The maximum atomic E-state index is 9.51. The van der Waals surface area contributed by atoms with Crippen molar-refractivity contribution in [3.05, 3.63) is 0 Å². The third-order valence-electron chi connectivity index (χ3n) is 3.06. The molecule has 14 heavy (non-hydrogen) atoms. The molecule has 82 valence electrons. The van der Waals surface area contributed by atoms with E-state index in [2.05, 4.69) is 5.32 Å². The zero-order valence-electron chi connectivity index (χ0n) is 8.45. The first-order chi connectivity index (χ1) is 6.86. The molecule has 0 spiro atoms. The van der Waals surface area contributed by atoms with Crippen LogP contribution in [0.3, 0.4) is 0 Å². The molecule has 4 heteroatoms. The Bertz CT molecular complexity index is 171. The van der Waals surface area contributed by atoms with Gasteiger partial charge in [0.1, 0.15) is 0 Å². The highest BCUT2D eigenvalue weighted by Crippen LogP contribution is 2.14. The van der Waals surface area contributed by atoms with Gasteiger partial charge in [-0.05, 0) is 25.3 Å². The van der Waals surface area contributed by atoms with E-state index in [0.29, 0.717) is 19.1 Å². The molecule has 2 fully saturated rings. The molecule has 2 atom stereocenters. The fourth-order valence-electron chi connectivity index (χ4n) is 2.01. The Morgan fingerprint density at radius 1 is 1.14 bits per heavy atom. The molecule has 0 aromatic carbocycles. The Kier molecular flexibility index (Phi) is 3.75. The van der Waals surface area contributed by atoms with E-state index in [-0.39, 0.29) is 12.1 Å². The van der Waals surface area contributed by atoms with Crippen LogP contribution in [0.4, 0.5) is 0 Å². The van der Waals surface area contributed by atoms with Gasteiger partial charge in [0, 0.05) is 13.2 Å². The molecule has 4 nitrogen and oxygen atoms in total. The lowest BCUT2D eigenvalue weighted by Crippen LogP contribution is -2.42. The van der Waals surface area contributed by atoms with E-state index in [1.807, 2.05) is 0 Å². The molecule has 0 aromatic heterocycles. The van der Waals surface area contributed by atoms with Crippen LogP contribution in [0, 0.1) is 5.92 Å². The van der Waals surface area contributed by atoms with Gasteiger partial charge in [0.05, 0.1) is 25.4 Å². The van der Waals surface area contributed by atoms with Gasteiger partial charge in [0.2, 0.25) is 0 Å². The number of aliphatic hydroxyl groups is 1. The Hall–Kier alpha value is -0.160. The predicted octanol–water partition coefficient (Wildman–Crippen LogP) is -0.238. The first-order valence-corrected chi connectivity index (χ1v) is 5.43. The first-order valence-electron chi connectivity index (χ1n) is 5.43. The highest BCUT2D eigenvalue weighted by Gasteiger charge is 2.26. The van der Waals surface area contributed by atoms with Crippen molar-refractivity contribution in [2.75, 3.05) is 33.0 Å². The topological polar surface area (TPSA) is 50.7 Å². The van der Waals surface area contributed by atoms with Crippen LogP contribution in [0.15, 0.2) is 0 Å². The van der Waals surface area contributed by atoms with Crippen LogP contribution in [-0.2, 0) is 9.47 Å². The van der Waals surface area contributed by atoms with Gasteiger partial charge in [-0.25, -0.2) is 0 Å². The average molecular weight is 201 g/mol. The maximum Gasteiger partial charge on any atom is 0.0948 e. The minimum absolute atomic E-state index is 0.137. The summed E-state index contributed by atoms with van der Waals surface area (Å²) in [6.07, 6.45) is 1.95. The summed E-state index contributed by atoms with van der Waals surface area (Å²) in [6, 6.07) is 0.137. The molecule has 0 amide bonds. The molecule has 2 rings (SSSR count). The highest BCUT2D eigenvalue weighted by atomic mass is 16.5. The SMILES string of the molecule is OC1COCC1NCC1CCOCC1. The minimum Gasteiger partial charge on any atom is -0.389 e. The lowest BCUT2D eigenvalue weighted by Gasteiger charge is -2.24. The van der Waals surface area contributed by atoms with Crippen molar-refractivity contribution < 1.29 is 14.6 Å². The lowest BCUT2D eigenvalue weighted by molar-refractivity contribution is 0.0635.